The molecule has 1 N–H and O–H groups in total. The average Bonchev–Trinajstić information content (AvgIpc) is 2.80. The van der Waals surface area contributed by atoms with Crippen LogP contribution in [0.3, 0.4) is 0 Å². The third kappa shape index (κ3) is 2.10. The van der Waals surface area contributed by atoms with Gasteiger partial charge in [-0.2, -0.15) is 4.68 Å². The van der Waals surface area contributed by atoms with E-state index in [-0.39, 0.29) is 5.95 Å². The lowest BCUT2D eigenvalue weighted by atomic mass is 10.3. The predicted octanol–water partition coefficient (Wildman–Crippen LogP) is 0.763. The van der Waals surface area contributed by atoms with Crippen molar-refractivity contribution >= 4 is 12.0 Å². The molecule has 0 unspecified atom stereocenters. The highest BCUT2D eigenvalue weighted by Gasteiger charge is 2.16. The summed E-state index contributed by atoms with van der Waals surface area (Å²) in [7, 11) is 2.71. The number of anilines is 1. The number of methoxy groups -OCH3 is 1. The van der Waals surface area contributed by atoms with Crippen molar-refractivity contribution in [1.29, 1.82) is 0 Å². The number of carbonyl (C=O) groups is 1. The number of H-pyrrole nitrogens is 1. The van der Waals surface area contributed by atoms with Crippen molar-refractivity contribution in [2.45, 2.75) is 0 Å². The van der Waals surface area contributed by atoms with Crippen molar-refractivity contribution in [1.82, 2.24) is 14.8 Å². The summed E-state index contributed by atoms with van der Waals surface area (Å²) in [6.07, 6.45) is -0.607. The molecule has 0 aliphatic heterocycles. The molecular formula is C11H12N4O3. The number of para-hydroxylation sites is 1. The van der Waals surface area contributed by atoms with Crippen LogP contribution < -0.4 is 10.6 Å². The normalized spacial score (nSPS) is 10.1. The molecule has 0 aliphatic rings. The van der Waals surface area contributed by atoms with Gasteiger partial charge in [-0.25, -0.2) is 14.5 Å². The Labute approximate surface area is 103 Å². The Balaban J connectivity index is 2.39. The maximum Gasteiger partial charge on any atom is 0.416 e. The summed E-state index contributed by atoms with van der Waals surface area (Å²) >= 11 is 0. The van der Waals surface area contributed by atoms with Gasteiger partial charge in [-0.1, -0.05) is 18.2 Å². The van der Waals surface area contributed by atoms with E-state index in [4.69, 9.17) is 0 Å². The zero-order valence-corrected chi connectivity index (χ0v) is 9.95. The van der Waals surface area contributed by atoms with E-state index >= 15 is 0 Å². The van der Waals surface area contributed by atoms with E-state index in [1.807, 2.05) is 6.07 Å². The van der Waals surface area contributed by atoms with E-state index in [9.17, 15) is 9.59 Å². The Morgan fingerprint density at radius 2 is 2.06 bits per heavy atom. The summed E-state index contributed by atoms with van der Waals surface area (Å²) in [4.78, 5) is 26.6. The van der Waals surface area contributed by atoms with Crippen LogP contribution >= 0.6 is 0 Å². The van der Waals surface area contributed by atoms with Crippen LogP contribution in [0.1, 0.15) is 0 Å². The molecule has 1 aromatic carbocycles. The fourth-order valence-corrected chi connectivity index (χ4v) is 1.43. The summed E-state index contributed by atoms with van der Waals surface area (Å²) in [5.74, 6) is 0.121. The number of aromatic nitrogens is 3. The third-order valence-corrected chi connectivity index (χ3v) is 2.37. The number of ether oxygens (including phenoxy) is 1. The lowest BCUT2D eigenvalue weighted by Gasteiger charge is -2.10. The van der Waals surface area contributed by atoms with Crippen LogP contribution in [0.25, 0.3) is 5.69 Å². The predicted molar refractivity (Wildman–Crippen MR) is 65.0 cm³/mol. The van der Waals surface area contributed by atoms with Gasteiger partial charge in [0, 0.05) is 7.05 Å². The fraction of sp³-hybridized carbons (Fsp3) is 0.182. The molecule has 7 heteroatoms. The monoisotopic (exact) mass is 248 g/mol. The van der Waals surface area contributed by atoms with E-state index in [1.54, 1.807) is 24.3 Å². The van der Waals surface area contributed by atoms with Crippen LogP contribution in [-0.2, 0) is 4.74 Å². The van der Waals surface area contributed by atoms with Gasteiger partial charge in [0.2, 0.25) is 5.95 Å². The maximum absolute atomic E-state index is 11.7. The van der Waals surface area contributed by atoms with E-state index in [1.165, 1.54) is 18.8 Å². The van der Waals surface area contributed by atoms with Gasteiger partial charge in [-0.15, -0.1) is 5.10 Å². The highest BCUT2D eigenvalue weighted by Crippen LogP contribution is 2.07. The molecule has 0 aliphatic carbocycles. The fourth-order valence-electron chi connectivity index (χ4n) is 1.43. The Hall–Kier alpha value is -2.57. The van der Waals surface area contributed by atoms with Crippen molar-refractivity contribution in [2.24, 2.45) is 0 Å². The average molecular weight is 248 g/mol. The number of hydrogen-bond donors (Lipinski definition) is 1. The van der Waals surface area contributed by atoms with Crippen LogP contribution in [0, 0.1) is 0 Å². The quantitative estimate of drug-likeness (QED) is 0.851. The van der Waals surface area contributed by atoms with E-state index in [0.29, 0.717) is 5.69 Å². The van der Waals surface area contributed by atoms with Crippen LogP contribution in [0.4, 0.5) is 10.7 Å². The van der Waals surface area contributed by atoms with Gasteiger partial charge in [0.15, 0.2) is 0 Å². The number of nitrogens with one attached hydrogen (secondary N) is 1. The summed E-state index contributed by atoms with van der Waals surface area (Å²) in [6.45, 7) is 0. The molecule has 0 saturated heterocycles. The van der Waals surface area contributed by atoms with E-state index in [0.717, 1.165) is 4.90 Å². The second-order valence-corrected chi connectivity index (χ2v) is 3.53. The molecular weight excluding hydrogens is 236 g/mol. The standard InChI is InChI=1S/C11H12N4O3/c1-14(11(17)18-2)9-12-10(16)15(13-9)8-6-4-3-5-7-8/h3-7H,1-2H3,(H,12,13,16). The summed E-state index contributed by atoms with van der Waals surface area (Å²) in [5, 5.41) is 4.02. The number of rotatable bonds is 2. The first-order valence-electron chi connectivity index (χ1n) is 5.20. The minimum Gasteiger partial charge on any atom is -0.452 e. The van der Waals surface area contributed by atoms with Crippen molar-refractivity contribution in [3.05, 3.63) is 40.8 Å². The first-order valence-corrected chi connectivity index (χ1v) is 5.20. The van der Waals surface area contributed by atoms with E-state index in [2.05, 4.69) is 14.8 Å². The molecule has 18 heavy (non-hydrogen) atoms. The van der Waals surface area contributed by atoms with Crippen molar-refractivity contribution < 1.29 is 9.53 Å². The number of aromatic amines is 1. The first kappa shape index (κ1) is 11.9. The third-order valence-electron chi connectivity index (χ3n) is 2.37. The van der Waals surface area contributed by atoms with Crippen molar-refractivity contribution in [3.8, 4) is 5.69 Å². The largest absolute Gasteiger partial charge is 0.452 e. The molecule has 7 nitrogen and oxygen atoms in total. The van der Waals surface area contributed by atoms with Crippen LogP contribution in [-0.4, -0.2) is 35.0 Å². The van der Waals surface area contributed by atoms with Gasteiger partial charge < -0.3 is 4.74 Å². The number of amides is 1. The summed E-state index contributed by atoms with van der Waals surface area (Å²) in [5.41, 5.74) is 0.190. The molecule has 0 saturated carbocycles. The molecule has 94 valence electrons. The van der Waals surface area contributed by atoms with Crippen LogP contribution in [0.2, 0.25) is 0 Å². The SMILES string of the molecule is COC(=O)N(C)c1nn(-c2ccccc2)c(=O)[nH]1. The maximum atomic E-state index is 11.7. The Kier molecular flexibility index (Phi) is 3.13. The molecule has 2 rings (SSSR count). The van der Waals surface area contributed by atoms with Gasteiger partial charge in [0.1, 0.15) is 0 Å². The number of carbonyl (C=O) groups excluding carboxylic acids is 1. The Bertz CT molecular complexity index is 602. The van der Waals surface area contributed by atoms with Crippen LogP contribution in [0.15, 0.2) is 35.1 Å². The molecule has 2 aromatic rings. The minimum absolute atomic E-state index is 0.121. The second-order valence-electron chi connectivity index (χ2n) is 3.53. The number of nitrogens with zero attached hydrogens (tertiary/aromatic N) is 3. The molecule has 1 heterocycles. The smallest absolute Gasteiger partial charge is 0.416 e. The first-order chi connectivity index (χ1) is 8.63. The van der Waals surface area contributed by atoms with Crippen molar-refractivity contribution in [3.63, 3.8) is 0 Å². The second kappa shape index (κ2) is 4.74. The summed E-state index contributed by atoms with van der Waals surface area (Å²) in [6, 6.07) is 8.90. The topological polar surface area (TPSA) is 80.2 Å². The Morgan fingerprint density at radius 3 is 2.67 bits per heavy atom. The van der Waals surface area contributed by atoms with Gasteiger partial charge in [-0.3, -0.25) is 4.98 Å². The molecule has 0 atom stereocenters. The highest BCUT2D eigenvalue weighted by atomic mass is 16.5. The zero-order valence-electron chi connectivity index (χ0n) is 9.95. The molecule has 1 aromatic heterocycles. The molecule has 1 amide bonds. The molecule has 0 fully saturated rings. The number of hydrogen-bond acceptors (Lipinski definition) is 4. The van der Waals surface area contributed by atoms with Gasteiger partial charge >= 0.3 is 11.8 Å². The molecule has 0 radical (unpaired) electrons. The van der Waals surface area contributed by atoms with Gasteiger partial charge in [-0.05, 0) is 12.1 Å². The van der Waals surface area contributed by atoms with Gasteiger partial charge in [0.05, 0.1) is 12.8 Å². The van der Waals surface area contributed by atoms with E-state index < -0.39 is 11.8 Å². The highest BCUT2D eigenvalue weighted by molar-refractivity contribution is 5.84. The van der Waals surface area contributed by atoms with Crippen LogP contribution in [0.5, 0.6) is 0 Å². The zero-order chi connectivity index (χ0) is 13.1. The minimum atomic E-state index is -0.607. The summed E-state index contributed by atoms with van der Waals surface area (Å²) < 4.78 is 5.71. The van der Waals surface area contributed by atoms with Crippen molar-refractivity contribution in [2.75, 3.05) is 19.1 Å². The number of benzene rings is 1. The molecule has 0 spiro atoms. The Morgan fingerprint density at radius 1 is 1.39 bits per heavy atom. The molecule has 0 bridgehead atoms. The van der Waals surface area contributed by atoms with Gasteiger partial charge in [0.25, 0.3) is 0 Å². The lowest BCUT2D eigenvalue weighted by molar-refractivity contribution is 0.180. The lowest BCUT2D eigenvalue weighted by Crippen LogP contribution is -2.27.